The summed E-state index contributed by atoms with van der Waals surface area (Å²) in [4.78, 5) is 24.5. The van der Waals surface area contributed by atoms with Gasteiger partial charge in [0.1, 0.15) is 5.54 Å². The maximum atomic E-state index is 12.1. The predicted octanol–water partition coefficient (Wildman–Crippen LogP) is 1.22. The van der Waals surface area contributed by atoms with Crippen molar-refractivity contribution in [3.63, 3.8) is 0 Å². The van der Waals surface area contributed by atoms with Crippen LogP contribution in [0.1, 0.15) is 47.0 Å². The quantitative estimate of drug-likeness (QED) is 0.705. The van der Waals surface area contributed by atoms with Crippen LogP contribution in [0.25, 0.3) is 0 Å². The number of carboxylic acid groups (broad SMARTS) is 1. The van der Waals surface area contributed by atoms with Gasteiger partial charge in [0.15, 0.2) is 0 Å². The predicted molar refractivity (Wildman–Crippen MR) is 66.6 cm³/mol. The van der Waals surface area contributed by atoms with Gasteiger partial charge in [0.2, 0.25) is 5.91 Å². The minimum Gasteiger partial charge on any atom is -0.480 e. The second kappa shape index (κ2) is 6.59. The van der Waals surface area contributed by atoms with Crippen molar-refractivity contribution in [3.8, 4) is 0 Å². The summed E-state index contributed by atoms with van der Waals surface area (Å²) in [6.07, 6.45) is 2.44. The summed E-state index contributed by atoms with van der Waals surface area (Å²) < 4.78 is 0. The van der Waals surface area contributed by atoms with Gasteiger partial charge in [-0.2, -0.15) is 0 Å². The molecular formula is C12H24N2O3. The number of likely N-dealkylation sites (N-methyl/N-ethyl adjacent to an activating group) is 1. The van der Waals surface area contributed by atoms with Gasteiger partial charge >= 0.3 is 5.97 Å². The molecular weight excluding hydrogens is 220 g/mol. The van der Waals surface area contributed by atoms with Gasteiger partial charge in [-0.3, -0.25) is 4.79 Å². The minimum absolute atomic E-state index is 0.284. The van der Waals surface area contributed by atoms with Gasteiger partial charge in [0, 0.05) is 6.54 Å². The van der Waals surface area contributed by atoms with E-state index in [4.69, 9.17) is 10.8 Å². The Morgan fingerprint density at radius 2 is 1.88 bits per heavy atom. The summed E-state index contributed by atoms with van der Waals surface area (Å²) in [5, 5.41) is 9.11. The summed E-state index contributed by atoms with van der Waals surface area (Å²) in [6, 6.07) is -0.603. The molecule has 3 N–H and O–H groups in total. The van der Waals surface area contributed by atoms with Gasteiger partial charge < -0.3 is 15.7 Å². The Morgan fingerprint density at radius 3 is 2.24 bits per heavy atom. The Morgan fingerprint density at radius 1 is 1.35 bits per heavy atom. The number of hydrogen-bond acceptors (Lipinski definition) is 3. The van der Waals surface area contributed by atoms with Crippen LogP contribution in [0, 0.1) is 0 Å². The number of carbonyl (C=O) groups is 2. The van der Waals surface area contributed by atoms with Crippen molar-refractivity contribution in [1.82, 2.24) is 4.90 Å². The monoisotopic (exact) mass is 244 g/mol. The number of aliphatic carboxylic acids is 1. The van der Waals surface area contributed by atoms with E-state index in [-0.39, 0.29) is 5.91 Å². The molecule has 0 aromatic rings. The van der Waals surface area contributed by atoms with E-state index in [2.05, 4.69) is 0 Å². The van der Waals surface area contributed by atoms with Crippen molar-refractivity contribution in [2.75, 3.05) is 6.54 Å². The lowest BCUT2D eigenvalue weighted by Crippen LogP contribution is -2.57. The molecule has 0 aliphatic rings. The molecule has 0 saturated heterocycles. The number of carboxylic acids is 1. The van der Waals surface area contributed by atoms with E-state index < -0.39 is 17.6 Å². The number of nitrogens with two attached hydrogens (primary N) is 1. The zero-order valence-corrected chi connectivity index (χ0v) is 11.2. The molecule has 0 aromatic carbocycles. The number of unbranched alkanes of at least 4 members (excludes halogenated alkanes) is 1. The van der Waals surface area contributed by atoms with E-state index in [1.54, 1.807) is 6.92 Å². The van der Waals surface area contributed by atoms with Crippen LogP contribution in [-0.2, 0) is 9.59 Å². The third kappa shape index (κ3) is 4.00. The van der Waals surface area contributed by atoms with E-state index in [0.29, 0.717) is 13.0 Å². The zero-order valence-electron chi connectivity index (χ0n) is 11.2. The Bertz CT molecular complexity index is 277. The van der Waals surface area contributed by atoms with Crippen LogP contribution in [0.4, 0.5) is 0 Å². The van der Waals surface area contributed by atoms with E-state index in [1.807, 2.05) is 6.92 Å². The maximum absolute atomic E-state index is 12.1. The Hall–Kier alpha value is -1.10. The van der Waals surface area contributed by atoms with Crippen LogP contribution >= 0.6 is 0 Å². The Balaban J connectivity index is 4.77. The minimum atomic E-state index is -1.21. The SMILES string of the molecule is CCCC[C@H](N)C(=O)N(CC)C(C)(C)C(=O)O. The molecule has 1 atom stereocenters. The van der Waals surface area contributed by atoms with Crippen LogP contribution in [0.5, 0.6) is 0 Å². The molecule has 0 rings (SSSR count). The third-order valence-electron chi connectivity index (χ3n) is 2.97. The molecule has 0 heterocycles. The van der Waals surface area contributed by atoms with Crippen molar-refractivity contribution >= 4 is 11.9 Å². The molecule has 1 amide bonds. The van der Waals surface area contributed by atoms with Gasteiger partial charge in [-0.05, 0) is 27.2 Å². The van der Waals surface area contributed by atoms with Crippen molar-refractivity contribution < 1.29 is 14.7 Å². The van der Waals surface area contributed by atoms with Crippen molar-refractivity contribution in [3.05, 3.63) is 0 Å². The topological polar surface area (TPSA) is 83.6 Å². The molecule has 0 aromatic heterocycles. The number of nitrogens with zero attached hydrogens (tertiary/aromatic N) is 1. The average Bonchev–Trinajstić information content (AvgIpc) is 2.25. The molecule has 100 valence electrons. The highest BCUT2D eigenvalue weighted by molar-refractivity contribution is 5.89. The van der Waals surface area contributed by atoms with Crippen LogP contribution in [0.3, 0.4) is 0 Å². The van der Waals surface area contributed by atoms with Gasteiger partial charge in [0.05, 0.1) is 6.04 Å². The largest absolute Gasteiger partial charge is 0.480 e. The highest BCUT2D eigenvalue weighted by Crippen LogP contribution is 2.16. The van der Waals surface area contributed by atoms with Crippen molar-refractivity contribution in [2.24, 2.45) is 5.73 Å². The van der Waals surface area contributed by atoms with Gasteiger partial charge in [0.25, 0.3) is 0 Å². The summed E-state index contributed by atoms with van der Waals surface area (Å²) in [5.74, 6) is -1.30. The van der Waals surface area contributed by atoms with E-state index in [0.717, 1.165) is 12.8 Å². The summed E-state index contributed by atoms with van der Waals surface area (Å²) >= 11 is 0. The fraction of sp³-hybridized carbons (Fsp3) is 0.833. The number of hydrogen-bond donors (Lipinski definition) is 2. The summed E-state index contributed by atoms with van der Waals surface area (Å²) in [5.41, 5.74) is 4.58. The van der Waals surface area contributed by atoms with Gasteiger partial charge in [-0.25, -0.2) is 4.79 Å². The van der Waals surface area contributed by atoms with Crippen LogP contribution < -0.4 is 5.73 Å². The standard InChI is InChI=1S/C12H24N2O3/c1-5-7-8-9(13)10(15)14(6-2)12(3,4)11(16)17/h9H,5-8,13H2,1-4H3,(H,16,17)/t9-/m0/s1. The normalized spacial score (nSPS) is 13.2. The molecule has 0 aliphatic heterocycles. The van der Waals surface area contributed by atoms with Crippen LogP contribution in [0.15, 0.2) is 0 Å². The Kier molecular flexibility index (Phi) is 6.16. The Labute approximate surface area is 103 Å². The van der Waals surface area contributed by atoms with Crippen LogP contribution in [0.2, 0.25) is 0 Å². The first-order valence-electron chi connectivity index (χ1n) is 6.09. The molecule has 0 fully saturated rings. The highest BCUT2D eigenvalue weighted by Gasteiger charge is 2.38. The fourth-order valence-electron chi connectivity index (χ4n) is 1.69. The maximum Gasteiger partial charge on any atom is 0.329 e. The first-order valence-corrected chi connectivity index (χ1v) is 6.09. The highest BCUT2D eigenvalue weighted by atomic mass is 16.4. The number of amides is 1. The molecule has 0 saturated carbocycles. The first-order chi connectivity index (χ1) is 7.78. The van der Waals surface area contributed by atoms with Crippen LogP contribution in [-0.4, -0.2) is 40.0 Å². The second-order valence-corrected chi connectivity index (χ2v) is 4.70. The van der Waals surface area contributed by atoms with E-state index >= 15 is 0 Å². The van der Waals surface area contributed by atoms with Gasteiger partial charge in [-0.15, -0.1) is 0 Å². The average molecular weight is 244 g/mol. The van der Waals surface area contributed by atoms with E-state index in [9.17, 15) is 9.59 Å². The lowest BCUT2D eigenvalue weighted by molar-refractivity contribution is -0.157. The number of rotatable bonds is 7. The molecule has 5 nitrogen and oxygen atoms in total. The molecule has 0 radical (unpaired) electrons. The van der Waals surface area contributed by atoms with Crippen molar-refractivity contribution in [1.29, 1.82) is 0 Å². The lowest BCUT2D eigenvalue weighted by Gasteiger charge is -2.35. The lowest BCUT2D eigenvalue weighted by atomic mass is 10.0. The fourth-order valence-corrected chi connectivity index (χ4v) is 1.69. The summed E-state index contributed by atoms with van der Waals surface area (Å²) in [7, 11) is 0. The first kappa shape index (κ1) is 15.9. The molecule has 0 bridgehead atoms. The number of carbonyl (C=O) groups excluding carboxylic acids is 1. The zero-order chi connectivity index (χ0) is 13.6. The molecule has 5 heteroatoms. The molecule has 17 heavy (non-hydrogen) atoms. The summed E-state index contributed by atoms with van der Waals surface area (Å²) in [6.45, 7) is 7.16. The van der Waals surface area contributed by atoms with Crippen molar-refractivity contribution in [2.45, 2.75) is 58.5 Å². The van der Waals surface area contributed by atoms with E-state index in [1.165, 1.54) is 18.7 Å². The smallest absolute Gasteiger partial charge is 0.329 e. The molecule has 0 unspecified atom stereocenters. The molecule has 0 aliphatic carbocycles. The van der Waals surface area contributed by atoms with Gasteiger partial charge in [-0.1, -0.05) is 19.8 Å². The molecule has 0 spiro atoms. The third-order valence-corrected chi connectivity index (χ3v) is 2.97. The second-order valence-electron chi connectivity index (χ2n) is 4.70.